The second kappa shape index (κ2) is 9.73. The summed E-state index contributed by atoms with van der Waals surface area (Å²) in [7, 11) is 1.76. The number of nitrogens with zero attached hydrogens (tertiary/aromatic N) is 1. The van der Waals surface area contributed by atoms with Gasteiger partial charge >= 0.3 is 0 Å². The van der Waals surface area contributed by atoms with Gasteiger partial charge in [-0.25, -0.2) is 0 Å². The molecule has 4 nitrogen and oxygen atoms in total. The zero-order chi connectivity index (χ0) is 13.2. The molecule has 1 atom stereocenters. The van der Waals surface area contributed by atoms with Gasteiger partial charge in [-0.15, -0.1) is 0 Å². The summed E-state index contributed by atoms with van der Waals surface area (Å²) >= 11 is 0. The molecule has 0 aliphatic carbocycles. The van der Waals surface area contributed by atoms with E-state index in [0.717, 1.165) is 39.4 Å². The van der Waals surface area contributed by atoms with Gasteiger partial charge in [0.15, 0.2) is 0 Å². The van der Waals surface area contributed by atoms with Gasteiger partial charge in [0.1, 0.15) is 0 Å². The van der Waals surface area contributed by atoms with Crippen molar-refractivity contribution in [2.45, 2.75) is 45.3 Å². The van der Waals surface area contributed by atoms with Crippen LogP contribution in [0.4, 0.5) is 0 Å². The van der Waals surface area contributed by atoms with Crippen LogP contribution < -0.4 is 5.32 Å². The minimum Gasteiger partial charge on any atom is -0.385 e. The predicted octanol–water partition coefficient (Wildman–Crippen LogP) is 1.50. The molecular formula is C14H30N2O2. The molecule has 4 heteroatoms. The lowest BCUT2D eigenvalue weighted by molar-refractivity contribution is -0.0370. The normalized spacial score (nSPS) is 21.7. The van der Waals surface area contributed by atoms with Crippen molar-refractivity contribution in [3.63, 3.8) is 0 Å². The van der Waals surface area contributed by atoms with Gasteiger partial charge in [0.05, 0.1) is 12.7 Å². The zero-order valence-electron chi connectivity index (χ0n) is 12.3. The number of methoxy groups -OCH3 is 1. The highest BCUT2D eigenvalue weighted by molar-refractivity contribution is 4.75. The van der Waals surface area contributed by atoms with Crippen molar-refractivity contribution < 1.29 is 9.47 Å². The maximum absolute atomic E-state index is 5.78. The van der Waals surface area contributed by atoms with Gasteiger partial charge in [0.25, 0.3) is 0 Å². The Bertz CT molecular complexity index is 200. The van der Waals surface area contributed by atoms with E-state index < -0.39 is 0 Å². The summed E-state index contributed by atoms with van der Waals surface area (Å²) in [4.78, 5) is 2.49. The van der Waals surface area contributed by atoms with E-state index in [4.69, 9.17) is 9.47 Å². The highest BCUT2D eigenvalue weighted by Crippen LogP contribution is 2.08. The first-order valence-electron chi connectivity index (χ1n) is 7.29. The number of ether oxygens (including phenoxy) is 2. The first-order valence-corrected chi connectivity index (χ1v) is 7.29. The first kappa shape index (κ1) is 15.9. The molecule has 0 amide bonds. The van der Waals surface area contributed by atoms with Crippen LogP contribution in [0, 0.1) is 0 Å². The van der Waals surface area contributed by atoms with E-state index in [9.17, 15) is 0 Å². The number of hydrogen-bond acceptors (Lipinski definition) is 4. The fourth-order valence-electron chi connectivity index (χ4n) is 2.27. The second-order valence-electron chi connectivity index (χ2n) is 5.34. The molecule has 1 aliphatic rings. The third-order valence-corrected chi connectivity index (χ3v) is 3.47. The third-order valence-electron chi connectivity index (χ3n) is 3.47. The molecule has 0 saturated carbocycles. The van der Waals surface area contributed by atoms with E-state index in [1.54, 1.807) is 7.11 Å². The topological polar surface area (TPSA) is 33.7 Å². The Labute approximate surface area is 112 Å². The molecule has 1 rings (SSSR count). The molecule has 1 saturated heterocycles. The number of morpholine rings is 1. The number of nitrogens with one attached hydrogen (secondary N) is 1. The van der Waals surface area contributed by atoms with Crippen molar-refractivity contribution in [3.8, 4) is 0 Å². The van der Waals surface area contributed by atoms with Crippen molar-refractivity contribution in [2.75, 3.05) is 46.5 Å². The van der Waals surface area contributed by atoms with Crippen molar-refractivity contribution >= 4 is 0 Å². The van der Waals surface area contributed by atoms with Crippen molar-refractivity contribution in [2.24, 2.45) is 0 Å². The molecule has 0 radical (unpaired) electrons. The Balaban J connectivity index is 1.98. The Hall–Kier alpha value is -0.160. The SMILES string of the molecule is COCCCCCNCC1CN(C(C)C)CCO1. The van der Waals surface area contributed by atoms with Crippen LogP contribution in [-0.2, 0) is 9.47 Å². The molecule has 108 valence electrons. The molecule has 18 heavy (non-hydrogen) atoms. The molecule has 0 spiro atoms. The lowest BCUT2D eigenvalue weighted by atomic mass is 10.2. The van der Waals surface area contributed by atoms with Crippen molar-refractivity contribution in [3.05, 3.63) is 0 Å². The molecule has 1 N–H and O–H groups in total. The lowest BCUT2D eigenvalue weighted by Crippen LogP contribution is -2.49. The van der Waals surface area contributed by atoms with Crippen LogP contribution in [0.25, 0.3) is 0 Å². The number of rotatable bonds is 9. The van der Waals surface area contributed by atoms with Crippen LogP contribution in [0.2, 0.25) is 0 Å². The van der Waals surface area contributed by atoms with Gasteiger partial charge in [0.2, 0.25) is 0 Å². The summed E-state index contributed by atoms with van der Waals surface area (Å²) in [6.07, 6.45) is 3.99. The Morgan fingerprint density at radius 2 is 2.17 bits per heavy atom. The van der Waals surface area contributed by atoms with E-state index >= 15 is 0 Å². The van der Waals surface area contributed by atoms with Gasteiger partial charge in [-0.2, -0.15) is 0 Å². The summed E-state index contributed by atoms with van der Waals surface area (Å²) < 4.78 is 10.8. The monoisotopic (exact) mass is 258 g/mol. The third kappa shape index (κ3) is 6.69. The second-order valence-corrected chi connectivity index (χ2v) is 5.34. The van der Waals surface area contributed by atoms with Crippen LogP contribution in [0.3, 0.4) is 0 Å². The summed E-state index contributed by atoms with van der Waals surface area (Å²) in [5.41, 5.74) is 0. The standard InChI is InChI=1S/C14H30N2O2/c1-13(2)16-8-10-18-14(12-16)11-15-7-5-4-6-9-17-3/h13-15H,4-12H2,1-3H3. The Kier molecular flexibility index (Phi) is 8.59. The number of unbranched alkanes of at least 4 members (excludes halogenated alkanes) is 2. The quantitative estimate of drug-likeness (QED) is 0.636. The van der Waals surface area contributed by atoms with E-state index in [0.29, 0.717) is 12.1 Å². The molecular weight excluding hydrogens is 228 g/mol. The van der Waals surface area contributed by atoms with E-state index in [1.165, 1.54) is 19.3 Å². The molecule has 0 aromatic carbocycles. The summed E-state index contributed by atoms with van der Waals surface area (Å²) in [5.74, 6) is 0. The minimum atomic E-state index is 0.361. The largest absolute Gasteiger partial charge is 0.385 e. The molecule has 1 fully saturated rings. The van der Waals surface area contributed by atoms with Crippen molar-refractivity contribution in [1.82, 2.24) is 10.2 Å². The molecule has 1 aliphatic heterocycles. The average molecular weight is 258 g/mol. The summed E-state index contributed by atoms with van der Waals surface area (Å²) in [5, 5.41) is 3.50. The lowest BCUT2D eigenvalue weighted by Gasteiger charge is -2.35. The van der Waals surface area contributed by atoms with E-state index in [2.05, 4.69) is 24.1 Å². The van der Waals surface area contributed by atoms with Gasteiger partial charge < -0.3 is 14.8 Å². The molecule has 0 bridgehead atoms. The average Bonchev–Trinajstić information content (AvgIpc) is 2.38. The van der Waals surface area contributed by atoms with Gasteiger partial charge in [0, 0.05) is 39.4 Å². The molecule has 1 unspecified atom stereocenters. The minimum absolute atomic E-state index is 0.361. The van der Waals surface area contributed by atoms with Crippen LogP contribution in [-0.4, -0.2) is 63.5 Å². The Morgan fingerprint density at radius 3 is 2.89 bits per heavy atom. The number of hydrogen-bond donors (Lipinski definition) is 1. The fraction of sp³-hybridized carbons (Fsp3) is 1.00. The fourth-order valence-corrected chi connectivity index (χ4v) is 2.27. The predicted molar refractivity (Wildman–Crippen MR) is 75.0 cm³/mol. The van der Waals surface area contributed by atoms with Crippen molar-refractivity contribution in [1.29, 1.82) is 0 Å². The van der Waals surface area contributed by atoms with Gasteiger partial charge in [-0.1, -0.05) is 0 Å². The Morgan fingerprint density at radius 1 is 1.33 bits per heavy atom. The molecule has 1 heterocycles. The van der Waals surface area contributed by atoms with Crippen LogP contribution in [0.15, 0.2) is 0 Å². The van der Waals surface area contributed by atoms with Gasteiger partial charge in [-0.05, 0) is 39.7 Å². The van der Waals surface area contributed by atoms with E-state index in [1.807, 2.05) is 0 Å². The maximum atomic E-state index is 5.78. The highest BCUT2D eigenvalue weighted by atomic mass is 16.5. The maximum Gasteiger partial charge on any atom is 0.0826 e. The highest BCUT2D eigenvalue weighted by Gasteiger charge is 2.21. The smallest absolute Gasteiger partial charge is 0.0826 e. The van der Waals surface area contributed by atoms with E-state index in [-0.39, 0.29) is 0 Å². The molecule has 0 aromatic heterocycles. The summed E-state index contributed by atoms with van der Waals surface area (Å²) in [6, 6.07) is 0.630. The first-order chi connectivity index (χ1) is 8.74. The summed E-state index contributed by atoms with van der Waals surface area (Å²) in [6.45, 7) is 10.5. The van der Waals surface area contributed by atoms with Gasteiger partial charge in [-0.3, -0.25) is 4.90 Å². The van der Waals surface area contributed by atoms with Crippen LogP contribution in [0.5, 0.6) is 0 Å². The zero-order valence-corrected chi connectivity index (χ0v) is 12.3. The molecule has 0 aromatic rings. The van der Waals surface area contributed by atoms with Crippen LogP contribution in [0.1, 0.15) is 33.1 Å². The van der Waals surface area contributed by atoms with Crippen LogP contribution >= 0.6 is 0 Å².